The maximum absolute atomic E-state index is 11.5. The van der Waals surface area contributed by atoms with Crippen molar-refractivity contribution in [2.45, 2.75) is 31.7 Å². The van der Waals surface area contributed by atoms with Gasteiger partial charge in [0.05, 0.1) is 11.9 Å². The summed E-state index contributed by atoms with van der Waals surface area (Å²) in [5.41, 5.74) is 0.736. The van der Waals surface area contributed by atoms with Crippen molar-refractivity contribution in [2.75, 3.05) is 11.9 Å². The Hall–Kier alpha value is -1.07. The molecule has 5 nitrogen and oxygen atoms in total. The fourth-order valence-corrected chi connectivity index (χ4v) is 1.85. The van der Waals surface area contributed by atoms with Gasteiger partial charge in [-0.2, -0.15) is 5.10 Å². The van der Waals surface area contributed by atoms with Crippen LogP contribution in [0.1, 0.15) is 25.7 Å². The summed E-state index contributed by atoms with van der Waals surface area (Å²) in [6, 6.07) is 0.528. The number of aromatic amines is 1. The standard InChI is InChI=1S/C10H16N4O.ClH/c15-10(14-9-6-12-13-7-9)4-3-8-2-1-5-11-8;/h6-8,11H,1-5H2,(H,12,13)(H,14,15);1H. The minimum atomic E-state index is 0. The van der Waals surface area contributed by atoms with Crippen molar-refractivity contribution in [1.82, 2.24) is 15.5 Å². The van der Waals surface area contributed by atoms with E-state index in [0.717, 1.165) is 18.7 Å². The maximum Gasteiger partial charge on any atom is 0.224 e. The van der Waals surface area contributed by atoms with E-state index in [0.29, 0.717) is 12.5 Å². The molecule has 1 aromatic rings. The summed E-state index contributed by atoms with van der Waals surface area (Å²) in [7, 11) is 0. The van der Waals surface area contributed by atoms with Crippen molar-refractivity contribution in [1.29, 1.82) is 0 Å². The lowest BCUT2D eigenvalue weighted by Crippen LogP contribution is -2.23. The molecule has 1 atom stereocenters. The predicted molar refractivity (Wildman–Crippen MR) is 64.7 cm³/mol. The molecule has 1 aliphatic rings. The average Bonchev–Trinajstić information content (AvgIpc) is 2.86. The second kappa shape index (κ2) is 6.50. The Labute approximate surface area is 101 Å². The van der Waals surface area contributed by atoms with Gasteiger partial charge in [-0.05, 0) is 25.8 Å². The summed E-state index contributed by atoms with van der Waals surface area (Å²) in [4.78, 5) is 11.5. The number of anilines is 1. The minimum absolute atomic E-state index is 0. The zero-order chi connectivity index (χ0) is 10.5. The van der Waals surface area contributed by atoms with Crippen LogP contribution in [0.4, 0.5) is 5.69 Å². The van der Waals surface area contributed by atoms with E-state index >= 15 is 0 Å². The van der Waals surface area contributed by atoms with Crippen molar-refractivity contribution in [3.63, 3.8) is 0 Å². The summed E-state index contributed by atoms with van der Waals surface area (Å²) in [6.07, 6.45) is 7.19. The number of halogens is 1. The number of carbonyl (C=O) groups is 1. The summed E-state index contributed by atoms with van der Waals surface area (Å²) in [5, 5.41) is 12.6. The molecule has 90 valence electrons. The molecule has 1 aromatic heterocycles. The Bertz CT molecular complexity index is 309. The van der Waals surface area contributed by atoms with Gasteiger partial charge in [-0.3, -0.25) is 9.89 Å². The summed E-state index contributed by atoms with van der Waals surface area (Å²) in [5.74, 6) is 0.0603. The molecule has 1 amide bonds. The molecule has 6 heteroatoms. The van der Waals surface area contributed by atoms with E-state index < -0.39 is 0 Å². The van der Waals surface area contributed by atoms with Crippen molar-refractivity contribution in [3.8, 4) is 0 Å². The van der Waals surface area contributed by atoms with Crippen LogP contribution in [0, 0.1) is 0 Å². The third-order valence-corrected chi connectivity index (χ3v) is 2.66. The molecule has 0 aromatic carbocycles. The highest BCUT2D eigenvalue weighted by Gasteiger charge is 2.15. The molecule has 1 aliphatic heterocycles. The van der Waals surface area contributed by atoms with E-state index in [-0.39, 0.29) is 18.3 Å². The lowest BCUT2D eigenvalue weighted by Gasteiger charge is -2.08. The Morgan fingerprint density at radius 3 is 3.12 bits per heavy atom. The van der Waals surface area contributed by atoms with Crippen molar-refractivity contribution in [2.24, 2.45) is 0 Å². The van der Waals surface area contributed by atoms with Crippen LogP contribution in [0.25, 0.3) is 0 Å². The highest BCUT2D eigenvalue weighted by molar-refractivity contribution is 5.90. The predicted octanol–water partition coefficient (Wildman–Crippen LogP) is 1.30. The Morgan fingerprint density at radius 2 is 2.50 bits per heavy atom. The van der Waals surface area contributed by atoms with E-state index in [2.05, 4.69) is 20.8 Å². The second-order valence-corrected chi connectivity index (χ2v) is 3.87. The molecule has 2 heterocycles. The van der Waals surface area contributed by atoms with Crippen LogP contribution in [-0.4, -0.2) is 28.7 Å². The van der Waals surface area contributed by atoms with Gasteiger partial charge in [0.25, 0.3) is 0 Å². The fraction of sp³-hybridized carbons (Fsp3) is 0.600. The molecule has 0 saturated carbocycles. The number of hydrogen-bond acceptors (Lipinski definition) is 3. The third kappa shape index (κ3) is 3.83. The number of carbonyl (C=O) groups excluding carboxylic acids is 1. The average molecular weight is 245 g/mol. The van der Waals surface area contributed by atoms with Crippen LogP contribution in [0.5, 0.6) is 0 Å². The normalized spacial score (nSPS) is 19.1. The smallest absolute Gasteiger partial charge is 0.224 e. The largest absolute Gasteiger partial charge is 0.323 e. The SMILES string of the molecule is Cl.O=C(CCC1CCCN1)Nc1cn[nH]c1. The number of amides is 1. The summed E-state index contributed by atoms with van der Waals surface area (Å²) < 4.78 is 0. The highest BCUT2D eigenvalue weighted by atomic mass is 35.5. The van der Waals surface area contributed by atoms with Crippen LogP contribution in [-0.2, 0) is 4.79 Å². The van der Waals surface area contributed by atoms with E-state index in [1.165, 1.54) is 12.8 Å². The van der Waals surface area contributed by atoms with Crippen molar-refractivity contribution >= 4 is 24.0 Å². The monoisotopic (exact) mass is 244 g/mol. The zero-order valence-corrected chi connectivity index (χ0v) is 9.85. The molecule has 1 unspecified atom stereocenters. The van der Waals surface area contributed by atoms with Crippen LogP contribution in [0.2, 0.25) is 0 Å². The first-order chi connectivity index (χ1) is 7.34. The van der Waals surface area contributed by atoms with Gasteiger partial charge < -0.3 is 10.6 Å². The minimum Gasteiger partial charge on any atom is -0.323 e. The molecule has 16 heavy (non-hydrogen) atoms. The van der Waals surface area contributed by atoms with E-state index in [1.807, 2.05) is 0 Å². The van der Waals surface area contributed by atoms with Gasteiger partial charge in [0.1, 0.15) is 0 Å². The first-order valence-corrected chi connectivity index (χ1v) is 5.36. The van der Waals surface area contributed by atoms with Gasteiger partial charge in [0, 0.05) is 18.7 Å². The van der Waals surface area contributed by atoms with Gasteiger partial charge in [0.15, 0.2) is 0 Å². The van der Waals surface area contributed by atoms with Gasteiger partial charge in [-0.25, -0.2) is 0 Å². The lowest BCUT2D eigenvalue weighted by atomic mass is 10.1. The van der Waals surface area contributed by atoms with E-state index in [1.54, 1.807) is 12.4 Å². The molecule has 1 saturated heterocycles. The second-order valence-electron chi connectivity index (χ2n) is 3.87. The molecule has 1 fully saturated rings. The molecule has 0 spiro atoms. The molecule has 0 radical (unpaired) electrons. The Morgan fingerprint density at radius 1 is 1.62 bits per heavy atom. The molecule has 0 bridgehead atoms. The topological polar surface area (TPSA) is 69.8 Å². The van der Waals surface area contributed by atoms with Crippen LogP contribution in [0.3, 0.4) is 0 Å². The van der Waals surface area contributed by atoms with Crippen molar-refractivity contribution < 1.29 is 4.79 Å². The van der Waals surface area contributed by atoms with Gasteiger partial charge >= 0.3 is 0 Å². The number of hydrogen-bond donors (Lipinski definition) is 3. The summed E-state index contributed by atoms with van der Waals surface area (Å²) >= 11 is 0. The zero-order valence-electron chi connectivity index (χ0n) is 9.03. The highest BCUT2D eigenvalue weighted by Crippen LogP contribution is 2.11. The maximum atomic E-state index is 11.5. The molecule has 0 aliphatic carbocycles. The van der Waals surface area contributed by atoms with Gasteiger partial charge in [-0.1, -0.05) is 0 Å². The number of nitrogens with zero attached hydrogens (tertiary/aromatic N) is 1. The number of nitrogens with one attached hydrogen (secondary N) is 3. The van der Waals surface area contributed by atoms with E-state index in [4.69, 9.17) is 0 Å². The molecular formula is C10H17ClN4O. The molecule has 2 rings (SSSR count). The summed E-state index contributed by atoms with van der Waals surface area (Å²) in [6.45, 7) is 1.09. The van der Waals surface area contributed by atoms with E-state index in [9.17, 15) is 4.79 Å². The number of rotatable bonds is 4. The molecule has 3 N–H and O–H groups in total. The quantitative estimate of drug-likeness (QED) is 0.748. The van der Waals surface area contributed by atoms with Gasteiger partial charge in [0.2, 0.25) is 5.91 Å². The fourth-order valence-electron chi connectivity index (χ4n) is 1.85. The molecular weight excluding hydrogens is 228 g/mol. The Balaban J connectivity index is 0.00000128. The number of aromatic nitrogens is 2. The number of H-pyrrole nitrogens is 1. The van der Waals surface area contributed by atoms with Crippen LogP contribution >= 0.6 is 12.4 Å². The van der Waals surface area contributed by atoms with Crippen LogP contribution < -0.4 is 10.6 Å². The van der Waals surface area contributed by atoms with Crippen LogP contribution in [0.15, 0.2) is 12.4 Å². The first kappa shape index (κ1) is 13.0. The Kier molecular flexibility index (Phi) is 5.28. The van der Waals surface area contributed by atoms with Crippen molar-refractivity contribution in [3.05, 3.63) is 12.4 Å². The third-order valence-electron chi connectivity index (χ3n) is 2.66. The van der Waals surface area contributed by atoms with Gasteiger partial charge in [-0.15, -0.1) is 12.4 Å². The lowest BCUT2D eigenvalue weighted by molar-refractivity contribution is -0.116. The first-order valence-electron chi connectivity index (χ1n) is 5.36.